The fraction of sp³-hybridized carbons (Fsp3) is 0.917. The Kier molecular flexibility index (Phi) is 18.5. The van der Waals surface area contributed by atoms with Gasteiger partial charge in [-0.2, -0.15) is 0 Å². The molecule has 2 atom stereocenters. The molecule has 2 unspecified atom stereocenters. The smallest absolute Gasteiger partial charge is 0.309 e. The van der Waals surface area contributed by atoms with Crippen molar-refractivity contribution in [1.29, 1.82) is 0 Å². The lowest BCUT2D eigenvalue weighted by Gasteiger charge is -2.25. The number of hydrogen-bond acceptors (Lipinski definition) is 4. The number of carbonyl (C=O) groups is 2. The highest BCUT2D eigenvalue weighted by Gasteiger charge is 2.35. The third-order valence-corrected chi connectivity index (χ3v) is 5.31. The van der Waals surface area contributed by atoms with Crippen LogP contribution in [-0.4, -0.2) is 25.2 Å². The first kappa shape index (κ1) is 26.9. The van der Waals surface area contributed by atoms with Crippen LogP contribution >= 0.6 is 0 Å². The lowest BCUT2D eigenvalue weighted by molar-refractivity contribution is -0.161. The zero-order valence-electron chi connectivity index (χ0n) is 19.1. The van der Waals surface area contributed by atoms with Crippen LogP contribution < -0.4 is 0 Å². The van der Waals surface area contributed by atoms with E-state index in [1.54, 1.807) is 0 Å². The second-order valence-corrected chi connectivity index (χ2v) is 7.95. The monoisotopic (exact) mass is 398 g/mol. The molecule has 28 heavy (non-hydrogen) atoms. The minimum atomic E-state index is -0.357. The summed E-state index contributed by atoms with van der Waals surface area (Å²) in [7, 11) is 0. The van der Waals surface area contributed by atoms with Gasteiger partial charge in [-0.15, -0.1) is 0 Å². The van der Waals surface area contributed by atoms with Gasteiger partial charge in [0.2, 0.25) is 0 Å². The number of hydrogen-bond donors (Lipinski definition) is 0. The second-order valence-electron chi connectivity index (χ2n) is 7.95. The molecular weight excluding hydrogens is 352 g/mol. The summed E-state index contributed by atoms with van der Waals surface area (Å²) >= 11 is 0. The van der Waals surface area contributed by atoms with Crippen molar-refractivity contribution in [2.24, 2.45) is 11.8 Å². The van der Waals surface area contributed by atoms with Gasteiger partial charge in [-0.3, -0.25) is 9.59 Å². The van der Waals surface area contributed by atoms with E-state index >= 15 is 0 Å². The van der Waals surface area contributed by atoms with E-state index in [1.807, 2.05) is 0 Å². The number of ether oxygens (including phenoxy) is 2. The Morgan fingerprint density at radius 1 is 0.536 bits per heavy atom. The van der Waals surface area contributed by atoms with Gasteiger partial charge >= 0.3 is 11.9 Å². The molecule has 0 spiro atoms. The number of carbonyl (C=O) groups excluding carboxylic acids is 2. The Hall–Kier alpha value is -1.06. The van der Waals surface area contributed by atoms with Crippen molar-refractivity contribution >= 4 is 11.9 Å². The van der Waals surface area contributed by atoms with E-state index in [9.17, 15) is 9.59 Å². The molecule has 0 radical (unpaired) electrons. The Morgan fingerprint density at radius 2 is 0.893 bits per heavy atom. The van der Waals surface area contributed by atoms with Crippen LogP contribution in [0, 0.1) is 11.8 Å². The van der Waals surface area contributed by atoms with Crippen molar-refractivity contribution in [3.63, 3.8) is 0 Å². The number of unbranched alkanes of at least 4 members (excludes halogenated alkanes) is 8. The topological polar surface area (TPSA) is 52.6 Å². The lowest BCUT2D eigenvalue weighted by atomic mass is 9.83. The molecule has 0 aliphatic rings. The first-order valence-corrected chi connectivity index (χ1v) is 11.9. The fourth-order valence-electron chi connectivity index (χ4n) is 3.40. The molecule has 0 rings (SSSR count). The van der Waals surface area contributed by atoms with Crippen molar-refractivity contribution in [3.05, 3.63) is 0 Å². The van der Waals surface area contributed by atoms with Crippen LogP contribution in [-0.2, 0) is 19.1 Å². The third kappa shape index (κ3) is 13.2. The highest BCUT2D eigenvalue weighted by molar-refractivity contribution is 5.82. The van der Waals surface area contributed by atoms with Crippen LogP contribution in [0.4, 0.5) is 0 Å². The van der Waals surface area contributed by atoms with Crippen LogP contribution in [0.3, 0.4) is 0 Å². The van der Waals surface area contributed by atoms with Gasteiger partial charge in [0.05, 0.1) is 25.0 Å². The van der Waals surface area contributed by atoms with Gasteiger partial charge in [-0.25, -0.2) is 0 Å². The molecule has 0 aromatic heterocycles. The van der Waals surface area contributed by atoms with Crippen molar-refractivity contribution in [1.82, 2.24) is 0 Å². The first-order valence-electron chi connectivity index (χ1n) is 11.9. The molecular formula is C24H46O4. The highest BCUT2D eigenvalue weighted by Crippen LogP contribution is 2.28. The van der Waals surface area contributed by atoms with Crippen molar-refractivity contribution in [2.45, 2.75) is 118 Å². The van der Waals surface area contributed by atoms with E-state index in [-0.39, 0.29) is 23.8 Å². The molecule has 0 saturated carbocycles. The third-order valence-electron chi connectivity index (χ3n) is 5.31. The average molecular weight is 399 g/mol. The molecule has 4 nitrogen and oxygen atoms in total. The van der Waals surface area contributed by atoms with Gasteiger partial charge in [0.1, 0.15) is 0 Å². The Morgan fingerprint density at radius 3 is 1.21 bits per heavy atom. The molecule has 0 saturated heterocycles. The maximum atomic E-state index is 12.8. The van der Waals surface area contributed by atoms with Crippen molar-refractivity contribution in [2.75, 3.05) is 13.2 Å². The SMILES string of the molecule is CCCCCCC(C(=O)OCCCC)C(CCCCCC)C(=O)OCCCC. The summed E-state index contributed by atoms with van der Waals surface area (Å²) in [5, 5.41) is 0. The molecule has 0 N–H and O–H groups in total. The van der Waals surface area contributed by atoms with E-state index in [2.05, 4.69) is 27.7 Å². The Labute approximate surface area is 174 Å². The molecule has 0 fully saturated rings. The summed E-state index contributed by atoms with van der Waals surface area (Å²) in [5.41, 5.74) is 0. The summed E-state index contributed by atoms with van der Waals surface area (Å²) in [4.78, 5) is 25.6. The van der Waals surface area contributed by atoms with Gasteiger partial charge in [0, 0.05) is 0 Å². The first-order chi connectivity index (χ1) is 13.6. The van der Waals surface area contributed by atoms with Gasteiger partial charge in [0.15, 0.2) is 0 Å². The highest BCUT2D eigenvalue weighted by atomic mass is 16.5. The van der Waals surface area contributed by atoms with E-state index in [1.165, 1.54) is 12.8 Å². The normalized spacial score (nSPS) is 13.1. The second kappa shape index (κ2) is 19.3. The minimum absolute atomic E-state index is 0.196. The van der Waals surface area contributed by atoms with Crippen LogP contribution in [0.5, 0.6) is 0 Å². The van der Waals surface area contributed by atoms with E-state index in [4.69, 9.17) is 9.47 Å². The Balaban J connectivity index is 5.07. The molecule has 0 aliphatic carbocycles. The van der Waals surface area contributed by atoms with Crippen LogP contribution in [0.15, 0.2) is 0 Å². The zero-order valence-corrected chi connectivity index (χ0v) is 19.1. The van der Waals surface area contributed by atoms with E-state index < -0.39 is 0 Å². The predicted octanol–water partition coefficient (Wildman–Crippen LogP) is 6.85. The molecule has 0 amide bonds. The zero-order chi connectivity index (χ0) is 21.0. The molecule has 0 aliphatic heterocycles. The van der Waals surface area contributed by atoms with E-state index in [0.717, 1.165) is 77.0 Å². The van der Waals surface area contributed by atoms with Gasteiger partial charge in [0.25, 0.3) is 0 Å². The Bertz CT molecular complexity index is 345. The lowest BCUT2D eigenvalue weighted by Crippen LogP contribution is -2.33. The summed E-state index contributed by atoms with van der Waals surface area (Å²) in [5.74, 6) is -1.11. The van der Waals surface area contributed by atoms with Crippen LogP contribution in [0.2, 0.25) is 0 Å². The molecule has 0 heterocycles. The van der Waals surface area contributed by atoms with Crippen molar-refractivity contribution < 1.29 is 19.1 Å². The quantitative estimate of drug-likeness (QED) is 0.176. The number of esters is 2. The molecule has 166 valence electrons. The summed E-state index contributed by atoms with van der Waals surface area (Å²) in [6.07, 6.45) is 14.0. The largest absolute Gasteiger partial charge is 0.465 e. The van der Waals surface area contributed by atoms with Gasteiger partial charge in [-0.05, 0) is 25.7 Å². The maximum Gasteiger partial charge on any atom is 0.309 e. The van der Waals surface area contributed by atoms with Gasteiger partial charge in [-0.1, -0.05) is 91.9 Å². The molecule has 4 heteroatoms. The molecule has 0 aromatic carbocycles. The minimum Gasteiger partial charge on any atom is -0.465 e. The summed E-state index contributed by atoms with van der Waals surface area (Å²) < 4.78 is 11.1. The van der Waals surface area contributed by atoms with E-state index in [0.29, 0.717) is 13.2 Å². The van der Waals surface area contributed by atoms with Gasteiger partial charge < -0.3 is 9.47 Å². The summed E-state index contributed by atoms with van der Waals surface area (Å²) in [6.45, 7) is 9.42. The molecule has 0 aromatic rings. The van der Waals surface area contributed by atoms with Crippen LogP contribution in [0.1, 0.15) is 118 Å². The van der Waals surface area contributed by atoms with Crippen molar-refractivity contribution in [3.8, 4) is 0 Å². The molecule has 0 bridgehead atoms. The predicted molar refractivity (Wildman–Crippen MR) is 116 cm³/mol. The maximum absolute atomic E-state index is 12.8. The summed E-state index contributed by atoms with van der Waals surface area (Å²) in [6, 6.07) is 0. The average Bonchev–Trinajstić information content (AvgIpc) is 2.69. The number of rotatable bonds is 19. The fourth-order valence-corrected chi connectivity index (χ4v) is 3.40. The standard InChI is InChI=1S/C24H46O4/c1-5-9-13-15-17-21(23(25)27-19-11-7-3)22(18-16-14-10-6-2)24(26)28-20-12-8-4/h21-22H,5-20H2,1-4H3. The van der Waals surface area contributed by atoms with Crippen LogP contribution in [0.25, 0.3) is 0 Å².